The van der Waals surface area contributed by atoms with Crippen molar-refractivity contribution in [1.29, 1.82) is 0 Å². The van der Waals surface area contributed by atoms with Gasteiger partial charge < -0.3 is 10.5 Å². The molecule has 1 aromatic rings. The number of Topliss-reactive ketones (excluding diaryl/α,β-unsaturated/α-hetero) is 1. The fraction of sp³-hybridized carbons (Fsp3) is 0.182. The molecule has 78 valence electrons. The SMILES string of the molecule is Nc1ccc(C(=O)C2=COCC2)cc1F. The van der Waals surface area contributed by atoms with Crippen LogP contribution in [0.5, 0.6) is 0 Å². The zero-order chi connectivity index (χ0) is 10.8. The van der Waals surface area contributed by atoms with Gasteiger partial charge in [-0.05, 0) is 18.2 Å². The summed E-state index contributed by atoms with van der Waals surface area (Å²) in [5, 5.41) is 0. The second-order valence-corrected chi connectivity index (χ2v) is 3.33. The second-order valence-electron chi connectivity index (χ2n) is 3.33. The van der Waals surface area contributed by atoms with Gasteiger partial charge in [0.1, 0.15) is 5.82 Å². The molecule has 1 aliphatic rings. The Morgan fingerprint density at radius 1 is 1.47 bits per heavy atom. The van der Waals surface area contributed by atoms with Gasteiger partial charge in [-0.25, -0.2) is 4.39 Å². The van der Waals surface area contributed by atoms with Gasteiger partial charge in [-0.2, -0.15) is 0 Å². The summed E-state index contributed by atoms with van der Waals surface area (Å²) in [4.78, 5) is 11.8. The third-order valence-corrected chi connectivity index (χ3v) is 2.27. The van der Waals surface area contributed by atoms with E-state index in [2.05, 4.69) is 0 Å². The molecule has 15 heavy (non-hydrogen) atoms. The van der Waals surface area contributed by atoms with Crippen molar-refractivity contribution in [1.82, 2.24) is 0 Å². The van der Waals surface area contributed by atoms with Gasteiger partial charge in [0, 0.05) is 17.6 Å². The van der Waals surface area contributed by atoms with Crippen molar-refractivity contribution in [2.75, 3.05) is 12.3 Å². The molecule has 0 aliphatic carbocycles. The van der Waals surface area contributed by atoms with Crippen LogP contribution in [-0.4, -0.2) is 12.4 Å². The van der Waals surface area contributed by atoms with Crippen LogP contribution >= 0.6 is 0 Å². The van der Waals surface area contributed by atoms with Crippen LogP contribution in [0.3, 0.4) is 0 Å². The fourth-order valence-corrected chi connectivity index (χ4v) is 1.41. The normalized spacial score (nSPS) is 14.6. The lowest BCUT2D eigenvalue weighted by molar-refractivity contribution is 0.103. The highest BCUT2D eigenvalue weighted by Gasteiger charge is 2.17. The Labute approximate surface area is 86.3 Å². The van der Waals surface area contributed by atoms with Crippen molar-refractivity contribution >= 4 is 11.5 Å². The van der Waals surface area contributed by atoms with E-state index in [1.54, 1.807) is 0 Å². The number of benzene rings is 1. The molecule has 0 saturated carbocycles. The summed E-state index contributed by atoms with van der Waals surface area (Å²) >= 11 is 0. The molecule has 1 aliphatic heterocycles. The summed E-state index contributed by atoms with van der Waals surface area (Å²) in [6.45, 7) is 0.512. The summed E-state index contributed by atoms with van der Waals surface area (Å²) in [6.07, 6.45) is 2.00. The Bertz CT molecular complexity index is 440. The smallest absolute Gasteiger partial charge is 0.192 e. The average molecular weight is 207 g/mol. The largest absolute Gasteiger partial charge is 0.500 e. The van der Waals surface area contributed by atoms with E-state index >= 15 is 0 Å². The lowest BCUT2D eigenvalue weighted by atomic mass is 10.0. The number of hydrogen-bond acceptors (Lipinski definition) is 3. The highest BCUT2D eigenvalue weighted by molar-refractivity contribution is 6.08. The number of anilines is 1. The van der Waals surface area contributed by atoms with Crippen LogP contribution in [0.1, 0.15) is 16.8 Å². The van der Waals surface area contributed by atoms with E-state index in [0.29, 0.717) is 24.2 Å². The van der Waals surface area contributed by atoms with E-state index in [9.17, 15) is 9.18 Å². The lowest BCUT2D eigenvalue weighted by Gasteiger charge is -2.01. The number of halogens is 1. The molecule has 0 fully saturated rings. The van der Waals surface area contributed by atoms with Crippen molar-refractivity contribution in [3.8, 4) is 0 Å². The minimum absolute atomic E-state index is 0.0446. The highest BCUT2D eigenvalue weighted by atomic mass is 19.1. The number of nitrogens with two attached hydrogens (primary N) is 1. The summed E-state index contributed by atoms with van der Waals surface area (Å²) in [5.41, 5.74) is 6.23. The van der Waals surface area contributed by atoms with Gasteiger partial charge in [-0.3, -0.25) is 4.79 Å². The molecule has 2 rings (SSSR count). The molecule has 1 aromatic carbocycles. The molecule has 0 spiro atoms. The predicted octanol–water partition coefficient (Wildman–Crippen LogP) is 1.89. The molecule has 2 N–H and O–H groups in total. The Kier molecular flexibility index (Phi) is 2.41. The molecular formula is C11H10FNO2. The standard InChI is InChI=1S/C11H10FNO2/c12-9-5-7(1-2-10(9)13)11(14)8-3-4-15-6-8/h1-2,5-6H,3-4,13H2. The van der Waals surface area contributed by atoms with Crippen LogP contribution < -0.4 is 5.73 Å². The molecule has 1 heterocycles. The maximum atomic E-state index is 13.1. The minimum atomic E-state index is -0.569. The van der Waals surface area contributed by atoms with Gasteiger partial charge in [0.15, 0.2) is 5.78 Å². The number of ether oxygens (including phenoxy) is 1. The maximum absolute atomic E-state index is 13.1. The molecule has 0 saturated heterocycles. The van der Waals surface area contributed by atoms with E-state index in [0.717, 1.165) is 6.07 Å². The van der Waals surface area contributed by atoms with Gasteiger partial charge >= 0.3 is 0 Å². The molecule has 0 radical (unpaired) electrons. The number of rotatable bonds is 2. The number of carbonyl (C=O) groups excluding carboxylic acids is 1. The summed E-state index contributed by atoms with van der Waals surface area (Å²) < 4.78 is 18.1. The summed E-state index contributed by atoms with van der Waals surface area (Å²) in [7, 11) is 0. The van der Waals surface area contributed by atoms with Crippen LogP contribution in [0.25, 0.3) is 0 Å². The number of hydrogen-bond donors (Lipinski definition) is 1. The molecule has 0 atom stereocenters. The fourth-order valence-electron chi connectivity index (χ4n) is 1.41. The van der Waals surface area contributed by atoms with E-state index in [1.807, 2.05) is 0 Å². The first-order valence-corrected chi connectivity index (χ1v) is 4.59. The first-order valence-electron chi connectivity index (χ1n) is 4.59. The monoisotopic (exact) mass is 207 g/mol. The quantitative estimate of drug-likeness (QED) is 0.595. The van der Waals surface area contributed by atoms with Crippen molar-refractivity contribution in [3.63, 3.8) is 0 Å². The van der Waals surface area contributed by atoms with Gasteiger partial charge in [-0.1, -0.05) is 0 Å². The molecule has 3 nitrogen and oxygen atoms in total. The number of nitrogen functional groups attached to an aromatic ring is 1. The minimum Gasteiger partial charge on any atom is -0.500 e. The Morgan fingerprint density at radius 3 is 2.87 bits per heavy atom. The maximum Gasteiger partial charge on any atom is 0.192 e. The first-order chi connectivity index (χ1) is 7.18. The van der Waals surface area contributed by atoms with Crippen LogP contribution in [0.15, 0.2) is 30.0 Å². The number of carbonyl (C=O) groups is 1. The Morgan fingerprint density at radius 2 is 2.27 bits per heavy atom. The Hall–Kier alpha value is -1.84. The van der Waals surface area contributed by atoms with Crippen LogP contribution in [0, 0.1) is 5.82 Å². The van der Waals surface area contributed by atoms with Crippen molar-refractivity contribution in [3.05, 3.63) is 41.4 Å². The van der Waals surface area contributed by atoms with E-state index in [4.69, 9.17) is 10.5 Å². The lowest BCUT2D eigenvalue weighted by Crippen LogP contribution is -2.03. The van der Waals surface area contributed by atoms with Gasteiger partial charge in [0.2, 0.25) is 0 Å². The average Bonchev–Trinajstić information content (AvgIpc) is 2.74. The van der Waals surface area contributed by atoms with Crippen LogP contribution in [0.2, 0.25) is 0 Å². The van der Waals surface area contributed by atoms with Gasteiger partial charge in [0.05, 0.1) is 18.6 Å². The highest BCUT2D eigenvalue weighted by Crippen LogP contribution is 2.19. The zero-order valence-electron chi connectivity index (χ0n) is 8.00. The van der Waals surface area contributed by atoms with Crippen molar-refractivity contribution in [2.24, 2.45) is 0 Å². The summed E-state index contributed by atoms with van der Waals surface area (Å²) in [5.74, 6) is -0.772. The third kappa shape index (κ3) is 1.83. The summed E-state index contributed by atoms with van der Waals surface area (Å²) in [6, 6.07) is 4.05. The zero-order valence-corrected chi connectivity index (χ0v) is 8.00. The third-order valence-electron chi connectivity index (χ3n) is 2.27. The topological polar surface area (TPSA) is 52.3 Å². The van der Waals surface area contributed by atoms with Gasteiger partial charge in [-0.15, -0.1) is 0 Å². The molecule has 0 bridgehead atoms. The van der Waals surface area contributed by atoms with E-state index < -0.39 is 5.82 Å². The van der Waals surface area contributed by atoms with Crippen LogP contribution in [-0.2, 0) is 4.74 Å². The van der Waals surface area contributed by atoms with E-state index in [-0.39, 0.29) is 11.5 Å². The molecule has 0 unspecified atom stereocenters. The van der Waals surface area contributed by atoms with Crippen molar-refractivity contribution < 1.29 is 13.9 Å². The number of ketones is 1. The Balaban J connectivity index is 2.29. The molecule has 0 amide bonds. The molecule has 0 aromatic heterocycles. The first kappa shape index (κ1) is 9.71. The molecular weight excluding hydrogens is 197 g/mol. The van der Waals surface area contributed by atoms with Crippen molar-refractivity contribution in [2.45, 2.75) is 6.42 Å². The van der Waals surface area contributed by atoms with Gasteiger partial charge in [0.25, 0.3) is 0 Å². The second kappa shape index (κ2) is 3.73. The van der Waals surface area contributed by atoms with E-state index in [1.165, 1.54) is 18.4 Å². The predicted molar refractivity (Wildman–Crippen MR) is 53.8 cm³/mol. The molecule has 4 heteroatoms. The van der Waals surface area contributed by atoms with Crippen LogP contribution in [0.4, 0.5) is 10.1 Å².